The molecule has 2 rings (SSSR count). The molecule has 1 fully saturated rings. The number of hydrogen-bond acceptors (Lipinski definition) is 4. The van der Waals surface area contributed by atoms with Crippen molar-refractivity contribution in [1.82, 2.24) is 5.32 Å². The SMILES string of the molecule is N#Cc1ccc(OCC(O)CNC2CCCCC2)cc1. The average Bonchev–Trinajstić information content (AvgIpc) is 2.52. The minimum absolute atomic E-state index is 0.269. The van der Waals surface area contributed by atoms with Gasteiger partial charge in [0.1, 0.15) is 18.5 Å². The van der Waals surface area contributed by atoms with Crippen molar-refractivity contribution < 1.29 is 9.84 Å². The molecule has 1 aromatic rings. The maximum absolute atomic E-state index is 9.90. The monoisotopic (exact) mass is 274 g/mol. The van der Waals surface area contributed by atoms with Crippen molar-refractivity contribution in [3.8, 4) is 11.8 Å². The second-order valence-corrected chi connectivity index (χ2v) is 5.34. The van der Waals surface area contributed by atoms with Gasteiger partial charge in [-0.2, -0.15) is 5.26 Å². The van der Waals surface area contributed by atoms with E-state index in [2.05, 4.69) is 11.4 Å². The van der Waals surface area contributed by atoms with Crippen LogP contribution in [0.1, 0.15) is 37.7 Å². The van der Waals surface area contributed by atoms with Gasteiger partial charge in [-0.15, -0.1) is 0 Å². The van der Waals surface area contributed by atoms with Gasteiger partial charge in [0, 0.05) is 12.6 Å². The Labute approximate surface area is 120 Å². The van der Waals surface area contributed by atoms with Gasteiger partial charge in [0.15, 0.2) is 0 Å². The van der Waals surface area contributed by atoms with E-state index in [0.29, 0.717) is 23.9 Å². The van der Waals surface area contributed by atoms with Crippen molar-refractivity contribution in [2.75, 3.05) is 13.2 Å². The van der Waals surface area contributed by atoms with E-state index >= 15 is 0 Å². The third-order valence-electron chi connectivity index (χ3n) is 3.67. The lowest BCUT2D eigenvalue weighted by molar-refractivity contribution is 0.102. The molecule has 0 saturated heterocycles. The number of benzene rings is 1. The Kier molecular flexibility index (Phi) is 5.85. The highest BCUT2D eigenvalue weighted by atomic mass is 16.5. The normalized spacial score (nSPS) is 17.4. The van der Waals surface area contributed by atoms with E-state index in [1.807, 2.05) is 0 Å². The third kappa shape index (κ3) is 4.84. The Balaban J connectivity index is 1.66. The van der Waals surface area contributed by atoms with Crippen molar-refractivity contribution in [2.24, 2.45) is 0 Å². The van der Waals surface area contributed by atoms with Crippen LogP contribution in [0.3, 0.4) is 0 Å². The van der Waals surface area contributed by atoms with Crippen molar-refractivity contribution in [3.05, 3.63) is 29.8 Å². The quantitative estimate of drug-likeness (QED) is 0.835. The highest BCUT2D eigenvalue weighted by Crippen LogP contribution is 2.17. The zero-order valence-corrected chi connectivity index (χ0v) is 11.7. The number of rotatable bonds is 6. The van der Waals surface area contributed by atoms with Crippen LogP contribution in [0.4, 0.5) is 0 Å². The van der Waals surface area contributed by atoms with Crippen LogP contribution < -0.4 is 10.1 Å². The Morgan fingerprint density at radius 3 is 2.60 bits per heavy atom. The van der Waals surface area contributed by atoms with Crippen LogP contribution in [0.5, 0.6) is 5.75 Å². The topological polar surface area (TPSA) is 65.3 Å². The Morgan fingerprint density at radius 2 is 1.95 bits per heavy atom. The van der Waals surface area contributed by atoms with Gasteiger partial charge < -0.3 is 15.2 Å². The number of hydrogen-bond donors (Lipinski definition) is 2. The molecule has 1 aliphatic rings. The molecular formula is C16H22N2O2. The maximum Gasteiger partial charge on any atom is 0.119 e. The number of aliphatic hydroxyl groups excluding tert-OH is 1. The van der Waals surface area contributed by atoms with E-state index in [4.69, 9.17) is 10.00 Å². The van der Waals surface area contributed by atoms with E-state index in [-0.39, 0.29) is 6.61 Å². The molecular weight excluding hydrogens is 252 g/mol. The number of nitrogens with zero attached hydrogens (tertiary/aromatic N) is 1. The van der Waals surface area contributed by atoms with E-state index in [9.17, 15) is 5.11 Å². The lowest BCUT2D eigenvalue weighted by Gasteiger charge is -2.24. The van der Waals surface area contributed by atoms with Crippen LogP contribution in [0, 0.1) is 11.3 Å². The molecule has 0 amide bonds. The molecule has 1 unspecified atom stereocenters. The summed E-state index contributed by atoms with van der Waals surface area (Å²) in [6.45, 7) is 0.840. The molecule has 1 saturated carbocycles. The Bertz CT molecular complexity index is 433. The fraction of sp³-hybridized carbons (Fsp3) is 0.562. The largest absolute Gasteiger partial charge is 0.491 e. The average molecular weight is 274 g/mol. The molecule has 1 aliphatic carbocycles. The van der Waals surface area contributed by atoms with Gasteiger partial charge in [0.25, 0.3) is 0 Å². The first-order valence-electron chi connectivity index (χ1n) is 7.32. The summed E-state index contributed by atoms with van der Waals surface area (Å²) >= 11 is 0. The number of aliphatic hydroxyl groups is 1. The Hall–Kier alpha value is -1.57. The van der Waals surface area contributed by atoms with Gasteiger partial charge in [-0.25, -0.2) is 0 Å². The van der Waals surface area contributed by atoms with E-state index in [0.717, 1.165) is 0 Å². The van der Waals surface area contributed by atoms with Crippen LogP contribution in [-0.4, -0.2) is 30.4 Å². The molecule has 0 aromatic heterocycles. The summed E-state index contributed by atoms with van der Waals surface area (Å²) < 4.78 is 5.51. The molecule has 2 N–H and O–H groups in total. The van der Waals surface area contributed by atoms with Crippen LogP contribution >= 0.6 is 0 Å². The highest BCUT2D eigenvalue weighted by molar-refractivity contribution is 5.34. The molecule has 0 aliphatic heterocycles. The molecule has 0 spiro atoms. The van der Waals surface area contributed by atoms with E-state index in [1.54, 1.807) is 24.3 Å². The van der Waals surface area contributed by atoms with Gasteiger partial charge in [-0.05, 0) is 37.1 Å². The molecule has 4 heteroatoms. The van der Waals surface area contributed by atoms with Crippen LogP contribution in [0.15, 0.2) is 24.3 Å². The zero-order chi connectivity index (χ0) is 14.2. The first-order valence-corrected chi connectivity index (χ1v) is 7.32. The van der Waals surface area contributed by atoms with Crippen LogP contribution in [0.25, 0.3) is 0 Å². The third-order valence-corrected chi connectivity index (χ3v) is 3.67. The maximum atomic E-state index is 9.90. The molecule has 20 heavy (non-hydrogen) atoms. The number of nitriles is 1. The predicted octanol–water partition coefficient (Wildman–Crippen LogP) is 2.22. The Morgan fingerprint density at radius 1 is 1.25 bits per heavy atom. The molecule has 0 bridgehead atoms. The molecule has 4 nitrogen and oxygen atoms in total. The van der Waals surface area contributed by atoms with Crippen molar-refractivity contribution in [1.29, 1.82) is 5.26 Å². The fourth-order valence-electron chi connectivity index (χ4n) is 2.49. The second-order valence-electron chi connectivity index (χ2n) is 5.34. The van der Waals surface area contributed by atoms with Crippen LogP contribution in [0.2, 0.25) is 0 Å². The summed E-state index contributed by atoms with van der Waals surface area (Å²) in [6.07, 6.45) is 5.83. The highest BCUT2D eigenvalue weighted by Gasteiger charge is 2.14. The number of nitrogens with one attached hydrogen (secondary N) is 1. The lowest BCUT2D eigenvalue weighted by Crippen LogP contribution is -2.38. The fourth-order valence-corrected chi connectivity index (χ4v) is 2.49. The second kappa shape index (κ2) is 7.88. The summed E-state index contributed by atoms with van der Waals surface area (Å²) in [5, 5.41) is 22.0. The minimum atomic E-state index is -0.507. The van der Waals surface area contributed by atoms with Crippen molar-refractivity contribution >= 4 is 0 Å². The van der Waals surface area contributed by atoms with Crippen molar-refractivity contribution in [2.45, 2.75) is 44.2 Å². The van der Waals surface area contributed by atoms with Gasteiger partial charge >= 0.3 is 0 Å². The number of ether oxygens (including phenoxy) is 1. The van der Waals surface area contributed by atoms with Gasteiger partial charge in [0.05, 0.1) is 11.6 Å². The van der Waals surface area contributed by atoms with Gasteiger partial charge in [0.2, 0.25) is 0 Å². The van der Waals surface area contributed by atoms with Crippen LogP contribution in [-0.2, 0) is 0 Å². The minimum Gasteiger partial charge on any atom is -0.491 e. The van der Waals surface area contributed by atoms with Gasteiger partial charge in [-0.1, -0.05) is 19.3 Å². The summed E-state index contributed by atoms with van der Waals surface area (Å²) in [4.78, 5) is 0. The lowest BCUT2D eigenvalue weighted by atomic mass is 9.95. The predicted molar refractivity (Wildman–Crippen MR) is 77.5 cm³/mol. The smallest absolute Gasteiger partial charge is 0.119 e. The van der Waals surface area contributed by atoms with E-state index in [1.165, 1.54) is 32.1 Å². The standard InChI is InChI=1S/C16H22N2O2/c17-10-13-6-8-16(9-7-13)20-12-15(19)11-18-14-4-2-1-3-5-14/h6-9,14-15,18-19H,1-5,11-12H2. The summed E-state index contributed by atoms with van der Waals surface area (Å²) in [6, 6.07) is 9.53. The summed E-state index contributed by atoms with van der Waals surface area (Å²) in [5.41, 5.74) is 0.608. The van der Waals surface area contributed by atoms with E-state index < -0.39 is 6.10 Å². The molecule has 1 atom stereocenters. The molecule has 108 valence electrons. The van der Waals surface area contributed by atoms with Gasteiger partial charge in [-0.3, -0.25) is 0 Å². The summed E-state index contributed by atoms with van der Waals surface area (Å²) in [7, 11) is 0. The summed E-state index contributed by atoms with van der Waals surface area (Å²) in [5.74, 6) is 0.681. The molecule has 0 radical (unpaired) electrons. The molecule has 0 heterocycles. The first kappa shape index (κ1) is 14.8. The van der Waals surface area contributed by atoms with Crippen molar-refractivity contribution in [3.63, 3.8) is 0 Å². The zero-order valence-electron chi connectivity index (χ0n) is 11.7. The molecule has 1 aromatic carbocycles. The first-order chi connectivity index (χ1) is 9.78.